The molecule has 0 atom stereocenters. The van der Waals surface area contributed by atoms with Gasteiger partial charge in [-0.25, -0.2) is 4.98 Å². The second kappa shape index (κ2) is 14.8. The van der Waals surface area contributed by atoms with Crippen LogP contribution in [-0.2, 0) is 11.3 Å². The number of aliphatic imine (C=N–C) groups is 1. The van der Waals surface area contributed by atoms with Crippen LogP contribution in [0.25, 0.3) is 0 Å². The van der Waals surface area contributed by atoms with Gasteiger partial charge in [0.25, 0.3) is 0 Å². The molecule has 2 N–H and O–H groups in total. The molecule has 0 bridgehead atoms. The number of hydrogen-bond donors (Lipinski definition) is 2. The van der Waals surface area contributed by atoms with Crippen LogP contribution in [0.1, 0.15) is 51.5 Å². The molecule has 0 radical (unpaired) electrons. The van der Waals surface area contributed by atoms with Crippen molar-refractivity contribution in [1.82, 2.24) is 15.6 Å². The van der Waals surface area contributed by atoms with Crippen LogP contribution in [0.15, 0.2) is 23.3 Å². The van der Waals surface area contributed by atoms with E-state index in [0.29, 0.717) is 6.54 Å². The molecule has 0 spiro atoms. The van der Waals surface area contributed by atoms with E-state index in [1.165, 1.54) is 37.7 Å². The minimum absolute atomic E-state index is 0. The van der Waals surface area contributed by atoms with Gasteiger partial charge < -0.3 is 20.3 Å². The van der Waals surface area contributed by atoms with Gasteiger partial charge >= 0.3 is 0 Å². The van der Waals surface area contributed by atoms with Crippen molar-refractivity contribution < 1.29 is 4.74 Å². The highest BCUT2D eigenvalue weighted by atomic mass is 127. The first-order valence-corrected chi connectivity index (χ1v) is 10.4. The zero-order chi connectivity index (χ0) is 19.3. The van der Waals surface area contributed by atoms with Gasteiger partial charge in [-0.2, -0.15) is 0 Å². The van der Waals surface area contributed by atoms with Crippen molar-refractivity contribution in [2.45, 2.75) is 52.5 Å². The van der Waals surface area contributed by atoms with Crippen molar-refractivity contribution in [2.75, 3.05) is 44.8 Å². The Bertz CT molecular complexity index is 561. The highest BCUT2D eigenvalue weighted by Gasteiger charge is 2.15. The third-order valence-corrected chi connectivity index (χ3v) is 4.85. The summed E-state index contributed by atoms with van der Waals surface area (Å²) in [6.45, 7) is 9.60. The van der Waals surface area contributed by atoms with E-state index >= 15 is 0 Å². The van der Waals surface area contributed by atoms with E-state index in [2.05, 4.69) is 45.4 Å². The van der Waals surface area contributed by atoms with Gasteiger partial charge in [-0.3, -0.25) is 4.99 Å². The van der Waals surface area contributed by atoms with Crippen LogP contribution in [0.3, 0.4) is 0 Å². The number of aromatic nitrogens is 1. The maximum absolute atomic E-state index is 5.45. The monoisotopic (exact) mass is 503 g/mol. The number of guanidine groups is 1. The second-order valence-corrected chi connectivity index (χ2v) is 7.53. The number of anilines is 1. The number of nitrogens with one attached hydrogen (secondary N) is 2. The number of halogens is 1. The Morgan fingerprint density at radius 2 is 1.93 bits per heavy atom. The van der Waals surface area contributed by atoms with Crippen molar-refractivity contribution in [1.29, 1.82) is 0 Å². The molecule has 1 fully saturated rings. The van der Waals surface area contributed by atoms with Gasteiger partial charge in [0.2, 0.25) is 0 Å². The molecule has 6 nitrogen and oxygen atoms in total. The number of rotatable bonds is 10. The molecule has 1 saturated heterocycles. The molecule has 7 heteroatoms. The van der Waals surface area contributed by atoms with Crippen LogP contribution in [0.4, 0.5) is 5.82 Å². The Kier molecular flexibility index (Phi) is 13.2. The minimum atomic E-state index is 0. The zero-order valence-corrected chi connectivity index (χ0v) is 20.1. The van der Waals surface area contributed by atoms with Crippen molar-refractivity contribution >= 4 is 35.8 Å². The lowest BCUT2D eigenvalue weighted by Gasteiger charge is -2.29. The molecule has 1 aromatic rings. The smallest absolute Gasteiger partial charge is 0.191 e. The normalized spacial score (nSPS) is 14.7. The van der Waals surface area contributed by atoms with E-state index in [4.69, 9.17) is 4.74 Å². The second-order valence-electron chi connectivity index (χ2n) is 7.53. The molecule has 0 saturated carbocycles. The maximum Gasteiger partial charge on any atom is 0.191 e. The summed E-state index contributed by atoms with van der Waals surface area (Å²) in [7, 11) is 1.82. The number of ether oxygens (including phenoxy) is 1. The van der Waals surface area contributed by atoms with Crippen LogP contribution in [0, 0.1) is 5.92 Å². The fourth-order valence-electron chi connectivity index (χ4n) is 3.27. The lowest BCUT2D eigenvalue weighted by Crippen LogP contribution is -2.39. The lowest BCUT2D eigenvalue weighted by atomic mass is 10.0. The van der Waals surface area contributed by atoms with Crippen molar-refractivity contribution in [2.24, 2.45) is 10.9 Å². The largest absolute Gasteiger partial charge is 0.378 e. The molecule has 28 heavy (non-hydrogen) atoms. The Hall–Kier alpha value is -1.09. The maximum atomic E-state index is 5.45. The average Bonchev–Trinajstić information content (AvgIpc) is 2.70. The van der Waals surface area contributed by atoms with Crippen LogP contribution in [-0.4, -0.2) is 50.8 Å². The molecular weight excluding hydrogens is 465 g/mol. The van der Waals surface area contributed by atoms with Crippen LogP contribution >= 0.6 is 24.0 Å². The molecular formula is C21H38IN5O. The first-order chi connectivity index (χ1) is 13.2. The van der Waals surface area contributed by atoms with E-state index < -0.39 is 0 Å². The van der Waals surface area contributed by atoms with E-state index in [9.17, 15) is 0 Å². The molecule has 2 heterocycles. The molecule has 0 aromatic carbocycles. The highest BCUT2D eigenvalue weighted by Crippen LogP contribution is 2.18. The summed E-state index contributed by atoms with van der Waals surface area (Å²) in [6.07, 6.45) is 8.33. The Balaban J connectivity index is 0.00000392. The van der Waals surface area contributed by atoms with Crippen LogP contribution in [0.5, 0.6) is 0 Å². The highest BCUT2D eigenvalue weighted by molar-refractivity contribution is 14.0. The van der Waals surface area contributed by atoms with E-state index in [1.807, 2.05) is 19.3 Å². The predicted molar refractivity (Wildman–Crippen MR) is 129 cm³/mol. The molecule has 0 amide bonds. The summed E-state index contributed by atoms with van der Waals surface area (Å²) < 4.78 is 5.45. The summed E-state index contributed by atoms with van der Waals surface area (Å²) in [6, 6.07) is 4.13. The van der Waals surface area contributed by atoms with Crippen LogP contribution in [0.2, 0.25) is 0 Å². The van der Waals surface area contributed by atoms with Gasteiger partial charge in [-0.05, 0) is 18.4 Å². The topological polar surface area (TPSA) is 61.8 Å². The minimum Gasteiger partial charge on any atom is -0.378 e. The summed E-state index contributed by atoms with van der Waals surface area (Å²) in [5.74, 6) is 2.73. The van der Waals surface area contributed by atoms with Gasteiger partial charge in [0.05, 0.1) is 13.2 Å². The van der Waals surface area contributed by atoms with Gasteiger partial charge in [0.1, 0.15) is 5.82 Å². The quantitative estimate of drug-likeness (QED) is 0.220. The van der Waals surface area contributed by atoms with E-state index in [-0.39, 0.29) is 24.0 Å². The fourth-order valence-corrected chi connectivity index (χ4v) is 3.27. The lowest BCUT2D eigenvalue weighted by molar-refractivity contribution is 0.122. The van der Waals surface area contributed by atoms with Crippen molar-refractivity contribution in [3.05, 3.63) is 23.9 Å². The molecule has 2 rings (SSSR count). The van der Waals surface area contributed by atoms with E-state index in [0.717, 1.165) is 50.5 Å². The molecule has 1 aromatic heterocycles. The van der Waals surface area contributed by atoms with Gasteiger partial charge in [-0.1, -0.05) is 45.6 Å². The first-order valence-electron chi connectivity index (χ1n) is 10.4. The van der Waals surface area contributed by atoms with Gasteiger partial charge in [-0.15, -0.1) is 24.0 Å². The summed E-state index contributed by atoms with van der Waals surface area (Å²) in [4.78, 5) is 11.2. The van der Waals surface area contributed by atoms with E-state index in [1.54, 1.807) is 0 Å². The van der Waals surface area contributed by atoms with Crippen molar-refractivity contribution in [3.8, 4) is 0 Å². The van der Waals surface area contributed by atoms with Crippen molar-refractivity contribution in [3.63, 3.8) is 0 Å². The number of nitrogens with zero attached hydrogens (tertiary/aromatic N) is 3. The summed E-state index contributed by atoms with van der Waals surface area (Å²) >= 11 is 0. The zero-order valence-electron chi connectivity index (χ0n) is 17.7. The third kappa shape index (κ3) is 9.41. The Morgan fingerprint density at radius 3 is 2.64 bits per heavy atom. The molecule has 0 unspecified atom stereocenters. The van der Waals surface area contributed by atoms with Gasteiger partial charge in [0.15, 0.2) is 5.96 Å². The average molecular weight is 503 g/mol. The van der Waals surface area contributed by atoms with Gasteiger partial charge in [0, 0.05) is 45.0 Å². The fraction of sp³-hybridized carbons (Fsp3) is 0.714. The Morgan fingerprint density at radius 1 is 1.18 bits per heavy atom. The Labute approximate surface area is 187 Å². The summed E-state index contributed by atoms with van der Waals surface area (Å²) in [5, 5.41) is 6.85. The molecule has 1 aliphatic rings. The first kappa shape index (κ1) is 24.9. The number of morpholine rings is 1. The molecule has 0 aliphatic carbocycles. The summed E-state index contributed by atoms with van der Waals surface area (Å²) in [5.41, 5.74) is 1.19. The SMILES string of the molecule is CN=C(NCCCCCCC(C)C)NCc1cccnc1N1CCOCC1.I. The molecule has 1 aliphatic heterocycles. The standard InChI is InChI=1S/C21H37N5O.HI/c1-18(2)9-6-4-5-7-11-24-21(22-3)25-17-19-10-8-12-23-20(19)26-13-15-27-16-14-26;/h8,10,12,18H,4-7,9,11,13-17H2,1-3H3,(H2,22,24,25);1H. The number of pyridine rings is 1. The van der Waals surface area contributed by atoms with Crippen LogP contribution < -0.4 is 15.5 Å². The number of unbranched alkanes of at least 4 members (excludes halogenated alkanes) is 3. The number of hydrogen-bond acceptors (Lipinski definition) is 4. The predicted octanol–water partition coefficient (Wildman–Crippen LogP) is 3.81. The third-order valence-electron chi connectivity index (χ3n) is 4.85. The molecule has 160 valence electrons.